The SMILES string of the molecule is O=C(CC12CC3CC(CC(C3)C1)C2)NCC(=O)Nc1ccncc1. The number of rotatable bonds is 5. The number of hydrogen-bond acceptors (Lipinski definition) is 3. The summed E-state index contributed by atoms with van der Waals surface area (Å²) in [5.41, 5.74) is 0.922. The lowest BCUT2D eigenvalue weighted by Crippen LogP contribution is -2.48. The highest BCUT2D eigenvalue weighted by Gasteiger charge is 2.51. The van der Waals surface area contributed by atoms with Crippen LogP contribution in [0.4, 0.5) is 5.69 Å². The summed E-state index contributed by atoms with van der Waals surface area (Å²) in [4.78, 5) is 28.2. The van der Waals surface area contributed by atoms with Gasteiger partial charge in [-0.1, -0.05) is 0 Å². The van der Waals surface area contributed by atoms with Gasteiger partial charge in [-0.25, -0.2) is 0 Å². The van der Waals surface area contributed by atoms with Crippen LogP contribution in [0.1, 0.15) is 44.9 Å². The fourth-order valence-corrected chi connectivity index (χ4v) is 5.73. The molecule has 4 aliphatic rings. The van der Waals surface area contributed by atoms with Gasteiger partial charge >= 0.3 is 0 Å². The van der Waals surface area contributed by atoms with Gasteiger partial charge in [0.25, 0.3) is 0 Å². The van der Waals surface area contributed by atoms with Crippen LogP contribution in [0.25, 0.3) is 0 Å². The minimum Gasteiger partial charge on any atom is -0.347 e. The summed E-state index contributed by atoms with van der Waals surface area (Å²) in [5.74, 6) is 2.37. The Balaban J connectivity index is 1.27. The lowest BCUT2D eigenvalue weighted by atomic mass is 9.49. The number of hydrogen-bond donors (Lipinski definition) is 2. The molecule has 1 aromatic heterocycles. The molecule has 24 heavy (non-hydrogen) atoms. The van der Waals surface area contributed by atoms with E-state index in [1.165, 1.54) is 38.5 Å². The van der Waals surface area contributed by atoms with E-state index in [0.29, 0.717) is 12.1 Å². The number of nitrogens with zero attached hydrogens (tertiary/aromatic N) is 1. The molecule has 0 aliphatic heterocycles. The highest BCUT2D eigenvalue weighted by Crippen LogP contribution is 2.61. The van der Waals surface area contributed by atoms with Crippen molar-refractivity contribution in [3.05, 3.63) is 24.5 Å². The zero-order valence-electron chi connectivity index (χ0n) is 14.0. The van der Waals surface area contributed by atoms with Crippen molar-refractivity contribution in [2.24, 2.45) is 23.2 Å². The lowest BCUT2D eigenvalue weighted by Gasteiger charge is -2.56. The van der Waals surface area contributed by atoms with Gasteiger partial charge in [0.15, 0.2) is 0 Å². The second-order valence-electron chi connectivity index (χ2n) is 8.16. The minimum atomic E-state index is -0.194. The number of anilines is 1. The molecule has 5 heteroatoms. The normalized spacial score (nSPS) is 33.2. The van der Waals surface area contributed by atoms with Gasteiger partial charge in [-0.15, -0.1) is 0 Å². The molecule has 0 saturated heterocycles. The second kappa shape index (κ2) is 6.19. The Labute approximate surface area is 142 Å². The first kappa shape index (κ1) is 15.6. The van der Waals surface area contributed by atoms with E-state index < -0.39 is 0 Å². The van der Waals surface area contributed by atoms with E-state index in [0.717, 1.165) is 17.8 Å². The van der Waals surface area contributed by atoms with Gasteiger partial charge in [0.2, 0.25) is 11.8 Å². The van der Waals surface area contributed by atoms with E-state index in [9.17, 15) is 9.59 Å². The maximum absolute atomic E-state index is 12.4. The molecule has 0 spiro atoms. The molecule has 1 aromatic rings. The summed E-state index contributed by atoms with van der Waals surface area (Å²) >= 11 is 0. The number of carbonyl (C=O) groups is 2. The van der Waals surface area contributed by atoms with E-state index in [4.69, 9.17) is 0 Å². The first-order valence-electron chi connectivity index (χ1n) is 9.07. The maximum atomic E-state index is 12.4. The first-order chi connectivity index (χ1) is 11.6. The quantitative estimate of drug-likeness (QED) is 0.873. The smallest absolute Gasteiger partial charge is 0.243 e. The molecule has 0 radical (unpaired) electrons. The van der Waals surface area contributed by atoms with Gasteiger partial charge in [-0.2, -0.15) is 0 Å². The van der Waals surface area contributed by atoms with E-state index >= 15 is 0 Å². The monoisotopic (exact) mass is 327 g/mol. The number of aromatic nitrogens is 1. The molecule has 4 saturated carbocycles. The Morgan fingerprint density at radius 1 is 1.00 bits per heavy atom. The van der Waals surface area contributed by atoms with Crippen LogP contribution in [0.5, 0.6) is 0 Å². The molecule has 0 unspecified atom stereocenters. The van der Waals surface area contributed by atoms with E-state index in [2.05, 4.69) is 15.6 Å². The molecule has 4 fully saturated rings. The molecule has 0 aromatic carbocycles. The Bertz CT molecular complexity index is 593. The fraction of sp³-hybridized carbons (Fsp3) is 0.632. The van der Waals surface area contributed by atoms with Crippen molar-refractivity contribution in [3.63, 3.8) is 0 Å². The molecule has 4 bridgehead atoms. The molecular weight excluding hydrogens is 302 g/mol. The molecule has 0 atom stereocenters. The topological polar surface area (TPSA) is 71.1 Å². The van der Waals surface area contributed by atoms with E-state index in [1.807, 2.05) is 0 Å². The summed E-state index contributed by atoms with van der Waals surface area (Å²) < 4.78 is 0. The maximum Gasteiger partial charge on any atom is 0.243 e. The third-order valence-electron chi connectivity index (χ3n) is 6.11. The number of nitrogens with one attached hydrogen (secondary N) is 2. The molecule has 128 valence electrons. The van der Waals surface area contributed by atoms with Crippen LogP contribution in [0.15, 0.2) is 24.5 Å². The van der Waals surface area contributed by atoms with Crippen LogP contribution >= 0.6 is 0 Å². The van der Waals surface area contributed by atoms with Crippen molar-refractivity contribution in [3.8, 4) is 0 Å². The fourth-order valence-electron chi connectivity index (χ4n) is 5.73. The number of carbonyl (C=O) groups excluding carboxylic acids is 2. The number of amides is 2. The highest BCUT2D eigenvalue weighted by molar-refractivity contribution is 5.94. The van der Waals surface area contributed by atoms with E-state index in [1.54, 1.807) is 24.5 Å². The third kappa shape index (κ3) is 3.30. The Morgan fingerprint density at radius 3 is 2.17 bits per heavy atom. The zero-order chi connectivity index (χ0) is 16.6. The molecule has 5 rings (SSSR count). The van der Waals surface area contributed by atoms with Crippen molar-refractivity contribution >= 4 is 17.5 Å². The van der Waals surface area contributed by atoms with Crippen LogP contribution in [0.2, 0.25) is 0 Å². The summed E-state index contributed by atoms with van der Waals surface area (Å²) in [7, 11) is 0. The van der Waals surface area contributed by atoms with Crippen molar-refractivity contribution in [2.75, 3.05) is 11.9 Å². The van der Waals surface area contributed by atoms with Crippen molar-refractivity contribution < 1.29 is 9.59 Å². The lowest BCUT2D eigenvalue weighted by molar-refractivity contribution is -0.131. The largest absolute Gasteiger partial charge is 0.347 e. The highest BCUT2D eigenvalue weighted by atomic mass is 16.2. The van der Waals surface area contributed by atoms with Gasteiger partial charge in [0.05, 0.1) is 6.54 Å². The van der Waals surface area contributed by atoms with Crippen LogP contribution < -0.4 is 10.6 Å². The van der Waals surface area contributed by atoms with Crippen LogP contribution in [-0.4, -0.2) is 23.3 Å². The summed E-state index contributed by atoms with van der Waals surface area (Å²) in [6.45, 7) is 0.0352. The first-order valence-corrected chi connectivity index (χ1v) is 9.07. The van der Waals surface area contributed by atoms with Crippen molar-refractivity contribution in [2.45, 2.75) is 44.9 Å². The van der Waals surface area contributed by atoms with Gasteiger partial charge in [-0.05, 0) is 73.8 Å². The minimum absolute atomic E-state index is 0.0295. The number of pyridine rings is 1. The summed E-state index contributed by atoms with van der Waals surface area (Å²) in [6, 6.07) is 3.46. The summed E-state index contributed by atoms with van der Waals surface area (Å²) in [6.07, 6.45) is 11.7. The standard InChI is InChI=1S/C19H25N3O2/c23-17(21-12-18(24)22-16-1-3-20-4-2-16)11-19-8-13-5-14(9-19)7-15(6-13)10-19/h1-4,13-15H,5-12H2,(H,21,23)(H,20,22,24). The molecule has 1 heterocycles. The summed E-state index contributed by atoms with van der Waals surface area (Å²) in [5, 5.41) is 5.57. The van der Waals surface area contributed by atoms with E-state index in [-0.39, 0.29) is 23.8 Å². The molecule has 2 N–H and O–H groups in total. The zero-order valence-corrected chi connectivity index (χ0v) is 14.0. The van der Waals surface area contributed by atoms with Crippen LogP contribution in [0, 0.1) is 23.2 Å². The average molecular weight is 327 g/mol. The van der Waals surface area contributed by atoms with Gasteiger partial charge < -0.3 is 10.6 Å². The van der Waals surface area contributed by atoms with Gasteiger partial charge in [0.1, 0.15) is 0 Å². The van der Waals surface area contributed by atoms with Crippen molar-refractivity contribution in [1.29, 1.82) is 0 Å². The molecule has 5 nitrogen and oxygen atoms in total. The predicted octanol–water partition coefficient (Wildman–Crippen LogP) is 2.74. The molecule has 2 amide bonds. The Hall–Kier alpha value is -1.91. The van der Waals surface area contributed by atoms with Crippen molar-refractivity contribution in [1.82, 2.24) is 10.3 Å². The second-order valence-corrected chi connectivity index (χ2v) is 8.16. The Morgan fingerprint density at radius 2 is 1.58 bits per heavy atom. The van der Waals surface area contributed by atoms with Crippen LogP contribution in [-0.2, 0) is 9.59 Å². The van der Waals surface area contributed by atoms with Gasteiger partial charge in [-0.3, -0.25) is 14.6 Å². The third-order valence-corrected chi connectivity index (χ3v) is 6.11. The van der Waals surface area contributed by atoms with Gasteiger partial charge in [0, 0.05) is 24.5 Å². The predicted molar refractivity (Wildman–Crippen MR) is 91.1 cm³/mol. The molecular formula is C19H25N3O2. The average Bonchev–Trinajstić information content (AvgIpc) is 2.52. The molecule has 4 aliphatic carbocycles. The van der Waals surface area contributed by atoms with Crippen LogP contribution in [0.3, 0.4) is 0 Å². The Kier molecular flexibility index (Phi) is 4.02.